The summed E-state index contributed by atoms with van der Waals surface area (Å²) in [5, 5.41) is 13.8. The molecule has 0 aromatic heterocycles. The van der Waals surface area contributed by atoms with Gasteiger partial charge in [-0.3, -0.25) is 4.79 Å². The van der Waals surface area contributed by atoms with Crippen LogP contribution in [-0.4, -0.2) is 12.5 Å². The first kappa shape index (κ1) is 15.4. The largest absolute Gasteiger partial charge is 0.375 e. The highest BCUT2D eigenvalue weighted by molar-refractivity contribution is 5.93. The average Bonchev–Trinajstić information content (AvgIpc) is 2.49. The van der Waals surface area contributed by atoms with Gasteiger partial charge in [-0.2, -0.15) is 5.26 Å². The maximum Gasteiger partial charge on any atom is 0.243 e. The molecule has 0 radical (unpaired) electrons. The van der Waals surface area contributed by atoms with E-state index in [4.69, 9.17) is 5.26 Å². The number of rotatable bonds is 4. The Hall–Kier alpha value is -3.01. The summed E-state index contributed by atoms with van der Waals surface area (Å²) >= 11 is 0. The number of nitrogens with zero attached hydrogens (tertiary/aromatic N) is 1. The average molecular weight is 305 g/mol. The zero-order valence-electron chi connectivity index (χ0n) is 11.2. The van der Waals surface area contributed by atoms with Crippen LogP contribution < -0.4 is 10.6 Å². The molecular weight excluding hydrogens is 295 g/mol. The first-order valence-corrected chi connectivity index (χ1v) is 6.18. The van der Waals surface area contributed by atoms with E-state index in [1.54, 1.807) is 6.07 Å². The van der Waals surface area contributed by atoms with Crippen molar-refractivity contribution in [3.63, 3.8) is 0 Å². The molecule has 0 saturated carbocycles. The lowest BCUT2D eigenvalue weighted by atomic mass is 10.2. The number of hydrogen-bond donors (Lipinski definition) is 2. The van der Waals surface area contributed by atoms with Crippen molar-refractivity contribution in [1.29, 1.82) is 5.26 Å². The van der Waals surface area contributed by atoms with Crippen molar-refractivity contribution in [3.8, 4) is 6.07 Å². The van der Waals surface area contributed by atoms with Crippen LogP contribution in [-0.2, 0) is 4.79 Å². The molecule has 7 heteroatoms. The standard InChI is InChI=1S/C15H10F3N3O/c16-11-2-1-3-14(10(11)7-19)20-8-15(22)21-9-4-5-12(17)13(18)6-9/h1-6,20H,8H2,(H,21,22). The molecule has 2 N–H and O–H groups in total. The van der Waals surface area contributed by atoms with Gasteiger partial charge in [0.2, 0.25) is 5.91 Å². The fourth-order valence-corrected chi connectivity index (χ4v) is 1.74. The molecular formula is C15H10F3N3O. The summed E-state index contributed by atoms with van der Waals surface area (Å²) in [5.41, 5.74) is 0.0523. The zero-order chi connectivity index (χ0) is 16.1. The van der Waals surface area contributed by atoms with Crippen molar-refractivity contribution < 1.29 is 18.0 Å². The Morgan fingerprint density at radius 2 is 1.86 bits per heavy atom. The Labute approximate surface area is 124 Å². The summed E-state index contributed by atoms with van der Waals surface area (Å²) in [6.07, 6.45) is 0. The van der Waals surface area contributed by atoms with Crippen LogP contribution in [0.2, 0.25) is 0 Å². The summed E-state index contributed by atoms with van der Waals surface area (Å²) in [7, 11) is 0. The fourth-order valence-electron chi connectivity index (χ4n) is 1.74. The Balaban J connectivity index is 2.00. The predicted molar refractivity (Wildman–Crippen MR) is 74.6 cm³/mol. The maximum atomic E-state index is 13.4. The lowest BCUT2D eigenvalue weighted by molar-refractivity contribution is -0.114. The van der Waals surface area contributed by atoms with E-state index in [1.807, 2.05) is 0 Å². The monoisotopic (exact) mass is 305 g/mol. The molecule has 0 aliphatic carbocycles. The van der Waals surface area contributed by atoms with Gasteiger partial charge < -0.3 is 10.6 Å². The molecule has 2 aromatic rings. The van der Waals surface area contributed by atoms with Crippen molar-refractivity contribution >= 4 is 17.3 Å². The molecule has 0 atom stereocenters. The van der Waals surface area contributed by atoms with Crippen LogP contribution in [0.4, 0.5) is 24.5 Å². The third-order valence-electron chi connectivity index (χ3n) is 2.77. The summed E-state index contributed by atoms with van der Waals surface area (Å²) < 4.78 is 39.1. The van der Waals surface area contributed by atoms with E-state index in [2.05, 4.69) is 10.6 Å². The van der Waals surface area contributed by atoms with E-state index in [9.17, 15) is 18.0 Å². The minimum atomic E-state index is -1.08. The highest BCUT2D eigenvalue weighted by atomic mass is 19.2. The smallest absolute Gasteiger partial charge is 0.243 e. The lowest BCUT2D eigenvalue weighted by Gasteiger charge is -2.09. The van der Waals surface area contributed by atoms with Crippen LogP contribution in [0.1, 0.15) is 5.56 Å². The topological polar surface area (TPSA) is 64.9 Å². The second kappa shape index (κ2) is 6.63. The first-order valence-electron chi connectivity index (χ1n) is 6.18. The van der Waals surface area contributed by atoms with Gasteiger partial charge in [0.1, 0.15) is 17.4 Å². The molecule has 0 unspecified atom stereocenters. The number of anilines is 2. The van der Waals surface area contributed by atoms with Crippen LogP contribution in [0.3, 0.4) is 0 Å². The van der Waals surface area contributed by atoms with E-state index >= 15 is 0 Å². The van der Waals surface area contributed by atoms with Crippen LogP contribution in [0, 0.1) is 28.8 Å². The SMILES string of the molecule is N#Cc1c(F)cccc1NCC(=O)Nc1ccc(F)c(F)c1. The van der Waals surface area contributed by atoms with Crippen molar-refractivity contribution in [3.05, 3.63) is 59.4 Å². The number of nitriles is 1. The molecule has 4 nitrogen and oxygen atoms in total. The van der Waals surface area contributed by atoms with Crippen LogP contribution in [0.25, 0.3) is 0 Å². The molecule has 0 spiro atoms. The highest BCUT2D eigenvalue weighted by Gasteiger charge is 2.10. The fraction of sp³-hybridized carbons (Fsp3) is 0.0667. The van der Waals surface area contributed by atoms with Crippen molar-refractivity contribution in [1.82, 2.24) is 0 Å². The number of amides is 1. The Morgan fingerprint density at radius 3 is 2.55 bits per heavy atom. The van der Waals surface area contributed by atoms with E-state index in [1.165, 1.54) is 18.2 Å². The lowest BCUT2D eigenvalue weighted by Crippen LogP contribution is -2.22. The summed E-state index contributed by atoms with van der Waals surface area (Å²) in [6, 6.07) is 8.60. The summed E-state index contributed by atoms with van der Waals surface area (Å²) in [6.45, 7) is -0.267. The van der Waals surface area contributed by atoms with Gasteiger partial charge in [-0.25, -0.2) is 13.2 Å². The molecule has 0 aliphatic rings. The minimum Gasteiger partial charge on any atom is -0.375 e. The van der Waals surface area contributed by atoms with Gasteiger partial charge >= 0.3 is 0 Å². The third kappa shape index (κ3) is 3.55. The first-order chi connectivity index (χ1) is 10.5. The highest BCUT2D eigenvalue weighted by Crippen LogP contribution is 2.17. The molecule has 22 heavy (non-hydrogen) atoms. The Morgan fingerprint density at radius 1 is 1.09 bits per heavy atom. The molecule has 112 valence electrons. The van der Waals surface area contributed by atoms with Crippen LogP contribution >= 0.6 is 0 Å². The third-order valence-corrected chi connectivity index (χ3v) is 2.77. The summed E-state index contributed by atoms with van der Waals surface area (Å²) in [5.74, 6) is -3.36. The number of benzene rings is 2. The zero-order valence-corrected chi connectivity index (χ0v) is 11.2. The summed E-state index contributed by atoms with van der Waals surface area (Å²) in [4.78, 5) is 11.7. The van der Waals surface area contributed by atoms with Gasteiger partial charge in [-0.15, -0.1) is 0 Å². The van der Waals surface area contributed by atoms with Crippen molar-refractivity contribution in [2.75, 3.05) is 17.2 Å². The number of hydrogen-bond acceptors (Lipinski definition) is 3. The van der Waals surface area contributed by atoms with Gasteiger partial charge in [0, 0.05) is 11.8 Å². The second-order valence-electron chi connectivity index (χ2n) is 4.30. The normalized spacial score (nSPS) is 9.91. The number of carbonyl (C=O) groups is 1. The molecule has 2 aromatic carbocycles. The Kier molecular flexibility index (Phi) is 4.63. The van der Waals surface area contributed by atoms with Gasteiger partial charge in [-0.1, -0.05) is 6.07 Å². The van der Waals surface area contributed by atoms with Crippen molar-refractivity contribution in [2.24, 2.45) is 0 Å². The van der Waals surface area contributed by atoms with Gasteiger partial charge in [0.05, 0.1) is 12.2 Å². The predicted octanol–water partition coefficient (Wildman–Crippen LogP) is 3.03. The van der Waals surface area contributed by atoms with Gasteiger partial charge in [0.25, 0.3) is 0 Å². The molecule has 2 rings (SSSR count). The van der Waals surface area contributed by atoms with Crippen LogP contribution in [0.15, 0.2) is 36.4 Å². The number of nitrogens with one attached hydrogen (secondary N) is 2. The molecule has 0 saturated heterocycles. The number of carbonyl (C=O) groups excluding carboxylic acids is 1. The minimum absolute atomic E-state index is 0.0884. The Bertz CT molecular complexity index is 756. The molecule has 1 amide bonds. The van der Waals surface area contributed by atoms with Crippen molar-refractivity contribution in [2.45, 2.75) is 0 Å². The molecule has 0 bridgehead atoms. The second-order valence-corrected chi connectivity index (χ2v) is 4.30. The molecule has 0 aliphatic heterocycles. The van der Waals surface area contributed by atoms with Gasteiger partial charge in [0.15, 0.2) is 11.6 Å². The molecule has 0 heterocycles. The quantitative estimate of drug-likeness (QED) is 0.912. The van der Waals surface area contributed by atoms with E-state index in [0.717, 1.165) is 18.2 Å². The van der Waals surface area contributed by atoms with E-state index < -0.39 is 23.4 Å². The number of halogens is 3. The molecule has 0 fully saturated rings. The maximum absolute atomic E-state index is 13.4. The van der Waals surface area contributed by atoms with E-state index in [0.29, 0.717) is 0 Å². The van der Waals surface area contributed by atoms with E-state index in [-0.39, 0.29) is 23.5 Å². The van der Waals surface area contributed by atoms with Gasteiger partial charge in [-0.05, 0) is 24.3 Å². The van der Waals surface area contributed by atoms with Crippen LogP contribution in [0.5, 0.6) is 0 Å².